The Balaban J connectivity index is 0. The van der Waals surface area contributed by atoms with E-state index in [9.17, 15) is 4.79 Å². The molecule has 0 rings (SSSR count). The molecule has 6 nitrogen and oxygen atoms in total. The largest absolute Gasteiger partial charge is 0.479 e. The monoisotopic (exact) mass is 195 g/mol. The molecule has 0 aliphatic rings. The smallest absolute Gasteiger partial charge is 0.332 e. The van der Waals surface area contributed by atoms with Crippen LogP contribution in [0.25, 0.3) is 0 Å². The molecule has 13 heavy (non-hydrogen) atoms. The van der Waals surface area contributed by atoms with Crippen molar-refractivity contribution in [3.63, 3.8) is 0 Å². The summed E-state index contributed by atoms with van der Waals surface area (Å²) < 4.78 is 0. The minimum Gasteiger partial charge on any atom is -0.479 e. The summed E-state index contributed by atoms with van der Waals surface area (Å²) in [4.78, 5) is 9.45. The Kier molecular flexibility index (Phi) is 12.9. The highest BCUT2D eigenvalue weighted by Crippen LogP contribution is 1.73. The van der Waals surface area contributed by atoms with Crippen molar-refractivity contribution in [1.82, 2.24) is 5.32 Å². The quantitative estimate of drug-likeness (QED) is 0.325. The first-order valence-corrected chi connectivity index (χ1v) is 3.89. The van der Waals surface area contributed by atoms with Crippen LogP contribution in [0.5, 0.6) is 0 Å². The maximum atomic E-state index is 9.45. The van der Waals surface area contributed by atoms with E-state index >= 15 is 0 Å². The third-order valence-electron chi connectivity index (χ3n) is 0.935. The zero-order valence-corrected chi connectivity index (χ0v) is 7.60. The van der Waals surface area contributed by atoms with E-state index in [1.165, 1.54) is 6.92 Å². The summed E-state index contributed by atoms with van der Waals surface area (Å²) in [6.07, 6.45) is -1.23. The van der Waals surface area contributed by atoms with E-state index in [-0.39, 0.29) is 13.2 Å². The predicted octanol–water partition coefficient (Wildman–Crippen LogP) is -1.99. The zero-order chi connectivity index (χ0) is 10.7. The molecule has 1 atom stereocenters. The molecule has 0 radical (unpaired) electrons. The van der Waals surface area contributed by atoms with Crippen LogP contribution < -0.4 is 5.32 Å². The van der Waals surface area contributed by atoms with Crippen LogP contribution in [0.15, 0.2) is 0 Å². The van der Waals surface area contributed by atoms with E-state index in [1.807, 2.05) is 0 Å². The van der Waals surface area contributed by atoms with Gasteiger partial charge in [-0.05, 0) is 6.92 Å². The van der Waals surface area contributed by atoms with E-state index in [0.29, 0.717) is 13.1 Å². The van der Waals surface area contributed by atoms with Crippen molar-refractivity contribution in [2.45, 2.75) is 13.0 Å². The summed E-state index contributed by atoms with van der Waals surface area (Å²) in [5, 5.41) is 34.9. The molecule has 0 aromatic carbocycles. The Morgan fingerprint density at radius 2 is 1.62 bits per heavy atom. The average Bonchev–Trinajstić information content (AvgIpc) is 2.06. The second kappa shape index (κ2) is 11.3. The summed E-state index contributed by atoms with van der Waals surface area (Å²) >= 11 is 0. The molecule has 0 bridgehead atoms. The number of rotatable bonds is 5. The highest BCUT2D eigenvalue weighted by molar-refractivity contribution is 5.71. The molecule has 0 aliphatic carbocycles. The second-order valence-corrected chi connectivity index (χ2v) is 2.21. The van der Waals surface area contributed by atoms with Gasteiger partial charge in [-0.15, -0.1) is 0 Å². The number of carboxylic acids is 1. The number of carboxylic acid groups (broad SMARTS) is 1. The maximum absolute atomic E-state index is 9.45. The third kappa shape index (κ3) is 18.3. The summed E-state index contributed by atoms with van der Waals surface area (Å²) in [5.41, 5.74) is 0. The lowest BCUT2D eigenvalue weighted by Crippen LogP contribution is -2.21. The average molecular weight is 195 g/mol. The highest BCUT2D eigenvalue weighted by atomic mass is 16.4. The van der Waals surface area contributed by atoms with Gasteiger partial charge in [-0.2, -0.15) is 0 Å². The number of nitrogens with one attached hydrogen (secondary N) is 1. The Morgan fingerprint density at radius 3 is 1.77 bits per heavy atom. The number of aliphatic carboxylic acids is 1. The van der Waals surface area contributed by atoms with Gasteiger partial charge in [0.2, 0.25) is 0 Å². The lowest BCUT2D eigenvalue weighted by molar-refractivity contribution is -0.145. The van der Waals surface area contributed by atoms with Crippen molar-refractivity contribution in [2.24, 2.45) is 0 Å². The molecular weight excluding hydrogens is 178 g/mol. The minimum absolute atomic E-state index is 0.139. The molecule has 1 unspecified atom stereocenters. The molecule has 0 aromatic heterocycles. The van der Waals surface area contributed by atoms with E-state index in [0.717, 1.165) is 0 Å². The van der Waals surface area contributed by atoms with Crippen LogP contribution in [0.4, 0.5) is 0 Å². The lowest BCUT2D eigenvalue weighted by atomic mass is 10.4. The van der Waals surface area contributed by atoms with E-state index in [4.69, 9.17) is 20.4 Å². The van der Waals surface area contributed by atoms with Gasteiger partial charge in [0.15, 0.2) is 0 Å². The third-order valence-corrected chi connectivity index (χ3v) is 0.935. The lowest BCUT2D eigenvalue weighted by Gasteiger charge is -1.94. The van der Waals surface area contributed by atoms with Crippen LogP contribution in [-0.4, -0.2) is 58.8 Å². The van der Waals surface area contributed by atoms with Crippen LogP contribution in [0, 0.1) is 0 Å². The van der Waals surface area contributed by atoms with E-state index in [1.54, 1.807) is 0 Å². The SMILES string of the molecule is CC(O)C(=O)O.OCCNCCO. The number of hydrogen-bond donors (Lipinski definition) is 5. The van der Waals surface area contributed by atoms with Crippen LogP contribution in [0.3, 0.4) is 0 Å². The van der Waals surface area contributed by atoms with Gasteiger partial charge in [-0.3, -0.25) is 0 Å². The van der Waals surface area contributed by atoms with Gasteiger partial charge in [0.25, 0.3) is 0 Å². The second-order valence-electron chi connectivity index (χ2n) is 2.21. The van der Waals surface area contributed by atoms with Gasteiger partial charge < -0.3 is 25.7 Å². The fourth-order valence-electron chi connectivity index (χ4n) is 0.283. The molecule has 0 saturated heterocycles. The fraction of sp³-hybridized carbons (Fsp3) is 0.857. The highest BCUT2D eigenvalue weighted by Gasteiger charge is 2.01. The molecule has 0 fully saturated rings. The molecule has 0 spiro atoms. The molecule has 5 N–H and O–H groups in total. The van der Waals surface area contributed by atoms with Gasteiger partial charge in [0, 0.05) is 13.1 Å². The Labute approximate surface area is 76.8 Å². The molecule has 0 amide bonds. The maximum Gasteiger partial charge on any atom is 0.332 e. The number of aliphatic hydroxyl groups excluding tert-OH is 3. The van der Waals surface area contributed by atoms with Crippen molar-refractivity contribution in [1.29, 1.82) is 0 Å². The molecule has 0 aromatic rings. The van der Waals surface area contributed by atoms with Crippen molar-refractivity contribution in [2.75, 3.05) is 26.3 Å². The van der Waals surface area contributed by atoms with Crippen molar-refractivity contribution in [3.05, 3.63) is 0 Å². The first-order chi connectivity index (χ1) is 6.06. The molecule has 0 saturated carbocycles. The zero-order valence-electron chi connectivity index (χ0n) is 7.60. The summed E-state index contributed by atoms with van der Waals surface area (Å²) in [6.45, 7) is 2.61. The number of aliphatic hydroxyl groups is 3. The molecule has 0 aliphatic heterocycles. The fourth-order valence-corrected chi connectivity index (χ4v) is 0.283. The van der Waals surface area contributed by atoms with Gasteiger partial charge in [0.1, 0.15) is 6.10 Å². The summed E-state index contributed by atoms with van der Waals surface area (Å²) in [5.74, 6) is -1.19. The summed E-state index contributed by atoms with van der Waals surface area (Å²) in [6, 6.07) is 0. The van der Waals surface area contributed by atoms with Gasteiger partial charge in [-0.25, -0.2) is 4.79 Å². The normalized spacial score (nSPS) is 11.4. The number of carbonyl (C=O) groups is 1. The van der Waals surface area contributed by atoms with Gasteiger partial charge >= 0.3 is 5.97 Å². The van der Waals surface area contributed by atoms with Gasteiger partial charge in [0.05, 0.1) is 13.2 Å². The topological polar surface area (TPSA) is 110 Å². The van der Waals surface area contributed by atoms with Crippen molar-refractivity contribution >= 4 is 5.97 Å². The van der Waals surface area contributed by atoms with Crippen LogP contribution >= 0.6 is 0 Å². The van der Waals surface area contributed by atoms with Crippen LogP contribution in [0.1, 0.15) is 6.92 Å². The summed E-state index contributed by atoms with van der Waals surface area (Å²) in [7, 11) is 0. The Morgan fingerprint density at radius 1 is 1.31 bits per heavy atom. The first kappa shape index (κ1) is 14.8. The van der Waals surface area contributed by atoms with Crippen LogP contribution in [-0.2, 0) is 4.79 Å². The Bertz CT molecular complexity index is 113. The van der Waals surface area contributed by atoms with E-state index < -0.39 is 12.1 Å². The number of hydrogen-bond acceptors (Lipinski definition) is 5. The predicted molar refractivity (Wildman–Crippen MR) is 46.4 cm³/mol. The van der Waals surface area contributed by atoms with Crippen molar-refractivity contribution in [3.8, 4) is 0 Å². The van der Waals surface area contributed by atoms with Gasteiger partial charge in [-0.1, -0.05) is 0 Å². The van der Waals surface area contributed by atoms with Crippen molar-refractivity contribution < 1.29 is 25.2 Å². The Hall–Kier alpha value is -0.690. The standard InChI is InChI=1S/C4H11NO2.C3H6O3/c6-3-1-5-2-4-7;1-2(4)3(5)6/h5-7H,1-4H2;2,4H,1H3,(H,5,6). The minimum atomic E-state index is -1.23. The van der Waals surface area contributed by atoms with Crippen LogP contribution in [0.2, 0.25) is 0 Å². The first-order valence-electron chi connectivity index (χ1n) is 3.89. The molecular formula is C7H17NO5. The van der Waals surface area contributed by atoms with E-state index in [2.05, 4.69) is 5.32 Å². The molecule has 6 heteroatoms. The molecule has 0 heterocycles. The molecule has 80 valence electrons.